The fraction of sp³-hybridized carbons (Fsp3) is 0.500. The van der Waals surface area contributed by atoms with E-state index in [-0.39, 0.29) is 23.9 Å². The molecule has 0 spiro atoms. The Balaban J connectivity index is 1.77. The van der Waals surface area contributed by atoms with E-state index in [1.165, 1.54) is 16.0 Å². The van der Waals surface area contributed by atoms with Gasteiger partial charge in [-0.3, -0.25) is 19.8 Å². The molecule has 4 nitrogen and oxygen atoms in total. The average Bonchev–Trinajstić information content (AvgIpc) is 2.73. The van der Waals surface area contributed by atoms with Crippen LogP contribution in [0.2, 0.25) is 0 Å². The number of carbonyl (C=O) groups excluding carboxylic acids is 2. The molecule has 3 rings (SSSR count). The second kappa shape index (κ2) is 5.37. The summed E-state index contributed by atoms with van der Waals surface area (Å²) in [5.41, 5.74) is 2.65. The zero-order valence-corrected chi connectivity index (χ0v) is 11.8. The average molecular weight is 272 g/mol. The third kappa shape index (κ3) is 2.24. The van der Waals surface area contributed by atoms with Gasteiger partial charge in [-0.15, -0.1) is 0 Å². The summed E-state index contributed by atoms with van der Waals surface area (Å²) in [6.45, 7) is 2.31. The third-order valence-corrected chi connectivity index (χ3v) is 4.33. The first-order chi connectivity index (χ1) is 9.70. The molecule has 4 heteroatoms. The van der Waals surface area contributed by atoms with Crippen molar-refractivity contribution in [2.75, 3.05) is 6.54 Å². The maximum atomic E-state index is 12.2. The van der Waals surface area contributed by atoms with Gasteiger partial charge in [-0.1, -0.05) is 24.3 Å². The van der Waals surface area contributed by atoms with Gasteiger partial charge in [-0.25, -0.2) is 0 Å². The van der Waals surface area contributed by atoms with E-state index in [1.807, 2.05) is 13.0 Å². The third-order valence-electron chi connectivity index (χ3n) is 4.33. The van der Waals surface area contributed by atoms with Crippen LogP contribution in [0.15, 0.2) is 24.3 Å². The number of likely N-dealkylation sites (tertiary alicyclic amines) is 1. The fourth-order valence-electron chi connectivity index (χ4n) is 3.32. The number of fused-ring (bicyclic) bond motifs is 1. The number of hydrogen-bond donors (Lipinski definition) is 1. The number of nitrogens with one attached hydrogen (secondary N) is 1. The molecule has 0 aromatic heterocycles. The van der Waals surface area contributed by atoms with Gasteiger partial charge in [-0.2, -0.15) is 0 Å². The maximum absolute atomic E-state index is 12.2. The number of rotatable bonds is 3. The summed E-state index contributed by atoms with van der Waals surface area (Å²) >= 11 is 0. The SMILES string of the molecule is CCN1C(=O)CC(NC2CCCc3ccccc32)C1=O. The highest BCUT2D eigenvalue weighted by molar-refractivity contribution is 6.05. The second-order valence-electron chi connectivity index (χ2n) is 5.54. The lowest BCUT2D eigenvalue weighted by Gasteiger charge is -2.28. The first-order valence-electron chi connectivity index (χ1n) is 7.38. The van der Waals surface area contributed by atoms with E-state index in [9.17, 15) is 9.59 Å². The summed E-state index contributed by atoms with van der Waals surface area (Å²) in [6, 6.07) is 8.23. The van der Waals surface area contributed by atoms with Crippen molar-refractivity contribution in [1.82, 2.24) is 10.2 Å². The van der Waals surface area contributed by atoms with Gasteiger partial charge in [0, 0.05) is 12.6 Å². The van der Waals surface area contributed by atoms with Gasteiger partial charge in [-0.05, 0) is 37.3 Å². The predicted octanol–water partition coefficient (Wildman–Crippen LogP) is 1.80. The van der Waals surface area contributed by atoms with E-state index in [1.54, 1.807) is 0 Å². The summed E-state index contributed by atoms with van der Waals surface area (Å²) in [4.78, 5) is 25.3. The molecule has 2 amide bonds. The van der Waals surface area contributed by atoms with Crippen molar-refractivity contribution in [2.45, 2.75) is 44.7 Å². The van der Waals surface area contributed by atoms with E-state index < -0.39 is 0 Å². The highest BCUT2D eigenvalue weighted by Gasteiger charge is 2.39. The lowest BCUT2D eigenvalue weighted by atomic mass is 9.87. The van der Waals surface area contributed by atoms with Crippen LogP contribution in [0.3, 0.4) is 0 Å². The highest BCUT2D eigenvalue weighted by atomic mass is 16.2. The van der Waals surface area contributed by atoms with Crippen LogP contribution in [0.1, 0.15) is 43.4 Å². The molecule has 1 saturated heterocycles. The number of imide groups is 1. The number of likely N-dealkylation sites (N-methyl/N-ethyl adjacent to an activating group) is 1. The van der Waals surface area contributed by atoms with Crippen molar-refractivity contribution < 1.29 is 9.59 Å². The van der Waals surface area contributed by atoms with Crippen molar-refractivity contribution in [2.24, 2.45) is 0 Å². The molecule has 106 valence electrons. The van der Waals surface area contributed by atoms with Gasteiger partial charge in [0.25, 0.3) is 0 Å². The van der Waals surface area contributed by atoms with Crippen LogP contribution in [-0.4, -0.2) is 29.3 Å². The molecule has 1 fully saturated rings. The minimum absolute atomic E-state index is 0.0564. The molecular formula is C16H20N2O2. The molecule has 1 aliphatic heterocycles. The molecular weight excluding hydrogens is 252 g/mol. The number of aryl methyl sites for hydroxylation is 1. The van der Waals surface area contributed by atoms with E-state index in [0.29, 0.717) is 13.0 Å². The molecule has 1 heterocycles. The first kappa shape index (κ1) is 13.3. The zero-order chi connectivity index (χ0) is 14.1. The number of hydrogen-bond acceptors (Lipinski definition) is 3. The Labute approximate surface area is 119 Å². The largest absolute Gasteiger partial charge is 0.298 e. The maximum Gasteiger partial charge on any atom is 0.246 e. The van der Waals surface area contributed by atoms with Crippen LogP contribution in [0, 0.1) is 0 Å². The molecule has 0 saturated carbocycles. The molecule has 2 aliphatic rings. The van der Waals surface area contributed by atoms with Crippen LogP contribution in [0.25, 0.3) is 0 Å². The lowest BCUT2D eigenvalue weighted by molar-refractivity contribution is -0.138. The monoisotopic (exact) mass is 272 g/mol. The smallest absolute Gasteiger partial charge is 0.246 e. The minimum Gasteiger partial charge on any atom is -0.298 e. The van der Waals surface area contributed by atoms with Gasteiger partial charge < -0.3 is 0 Å². The molecule has 1 aliphatic carbocycles. The molecule has 2 atom stereocenters. The van der Waals surface area contributed by atoms with Gasteiger partial charge in [0.2, 0.25) is 11.8 Å². The molecule has 20 heavy (non-hydrogen) atoms. The Hall–Kier alpha value is -1.68. The van der Waals surface area contributed by atoms with E-state index in [4.69, 9.17) is 0 Å². The van der Waals surface area contributed by atoms with E-state index in [0.717, 1.165) is 19.3 Å². The molecule has 2 unspecified atom stereocenters. The quantitative estimate of drug-likeness (QED) is 0.854. The fourth-order valence-corrected chi connectivity index (χ4v) is 3.32. The molecule has 0 radical (unpaired) electrons. The van der Waals surface area contributed by atoms with Crippen LogP contribution in [-0.2, 0) is 16.0 Å². The topological polar surface area (TPSA) is 49.4 Å². The summed E-state index contributed by atoms with van der Waals surface area (Å²) < 4.78 is 0. The summed E-state index contributed by atoms with van der Waals surface area (Å²) in [5.74, 6) is -0.125. The first-order valence-corrected chi connectivity index (χ1v) is 7.38. The lowest BCUT2D eigenvalue weighted by Crippen LogP contribution is -2.41. The predicted molar refractivity (Wildman–Crippen MR) is 76.1 cm³/mol. The Kier molecular flexibility index (Phi) is 3.57. The van der Waals surface area contributed by atoms with Crippen LogP contribution in [0.4, 0.5) is 0 Å². The molecule has 0 bridgehead atoms. The number of amides is 2. The van der Waals surface area contributed by atoms with Gasteiger partial charge in [0.1, 0.15) is 0 Å². The summed E-state index contributed by atoms with van der Waals surface area (Å²) in [5, 5.41) is 3.41. The Bertz CT molecular complexity index is 541. The Morgan fingerprint density at radius 3 is 2.80 bits per heavy atom. The van der Waals surface area contributed by atoms with Gasteiger partial charge in [0.15, 0.2) is 0 Å². The van der Waals surface area contributed by atoms with Crippen molar-refractivity contribution in [3.05, 3.63) is 35.4 Å². The van der Waals surface area contributed by atoms with Crippen LogP contribution < -0.4 is 5.32 Å². The van der Waals surface area contributed by atoms with Crippen LogP contribution >= 0.6 is 0 Å². The normalized spacial score (nSPS) is 25.9. The standard InChI is InChI=1S/C16H20N2O2/c1-2-18-15(19)10-14(16(18)20)17-13-9-5-7-11-6-3-4-8-12(11)13/h3-4,6,8,13-14,17H,2,5,7,9-10H2,1H3. The second-order valence-corrected chi connectivity index (χ2v) is 5.54. The number of carbonyl (C=O) groups is 2. The zero-order valence-electron chi connectivity index (χ0n) is 11.8. The van der Waals surface area contributed by atoms with Crippen molar-refractivity contribution in [3.63, 3.8) is 0 Å². The van der Waals surface area contributed by atoms with Crippen molar-refractivity contribution in [1.29, 1.82) is 0 Å². The summed E-state index contributed by atoms with van der Waals surface area (Å²) in [6.07, 6.45) is 3.56. The number of nitrogens with zero attached hydrogens (tertiary/aromatic N) is 1. The van der Waals surface area contributed by atoms with Crippen molar-refractivity contribution in [3.8, 4) is 0 Å². The molecule has 1 aromatic carbocycles. The Morgan fingerprint density at radius 2 is 2.05 bits per heavy atom. The van der Waals surface area contributed by atoms with Gasteiger partial charge >= 0.3 is 0 Å². The summed E-state index contributed by atoms with van der Waals surface area (Å²) in [7, 11) is 0. The van der Waals surface area contributed by atoms with Crippen molar-refractivity contribution >= 4 is 11.8 Å². The van der Waals surface area contributed by atoms with E-state index in [2.05, 4.69) is 23.5 Å². The highest BCUT2D eigenvalue weighted by Crippen LogP contribution is 2.30. The van der Waals surface area contributed by atoms with E-state index >= 15 is 0 Å². The number of benzene rings is 1. The van der Waals surface area contributed by atoms with Crippen LogP contribution in [0.5, 0.6) is 0 Å². The minimum atomic E-state index is -0.349. The molecule has 1 N–H and O–H groups in total. The van der Waals surface area contributed by atoms with Gasteiger partial charge in [0.05, 0.1) is 12.5 Å². The Morgan fingerprint density at radius 1 is 1.25 bits per heavy atom. The molecule has 1 aromatic rings.